The van der Waals surface area contributed by atoms with Crippen LogP contribution >= 0.6 is 0 Å². The highest BCUT2D eigenvalue weighted by molar-refractivity contribution is 6.00. The van der Waals surface area contributed by atoms with Crippen LogP contribution in [0.1, 0.15) is 24.0 Å². The average molecular weight is 403 g/mol. The van der Waals surface area contributed by atoms with E-state index in [1.807, 2.05) is 111 Å². The maximum Gasteiger partial charge on any atom is 0.239 e. The molecule has 0 unspecified atom stereocenters. The molecule has 0 aromatic heterocycles. The monoisotopic (exact) mass is 402 g/mol. The van der Waals surface area contributed by atoms with E-state index in [-0.39, 0.29) is 11.8 Å². The second kappa shape index (κ2) is 10.6. The fourth-order valence-corrected chi connectivity index (χ4v) is 3.48. The SMILES string of the molecule is CCOc1ccc(N(CCN(C)C)C(=O)C(c2ccccc2)c2ccccc2)cc1. The van der Waals surface area contributed by atoms with E-state index in [0.29, 0.717) is 13.2 Å². The molecule has 0 atom stereocenters. The number of likely N-dealkylation sites (N-methyl/N-ethyl adjacent to an activating group) is 1. The first-order valence-corrected chi connectivity index (χ1v) is 10.4. The van der Waals surface area contributed by atoms with Gasteiger partial charge in [-0.2, -0.15) is 0 Å². The van der Waals surface area contributed by atoms with Gasteiger partial charge in [0, 0.05) is 18.8 Å². The highest BCUT2D eigenvalue weighted by Gasteiger charge is 2.28. The number of ether oxygens (including phenoxy) is 1. The smallest absolute Gasteiger partial charge is 0.239 e. The first-order valence-electron chi connectivity index (χ1n) is 10.4. The summed E-state index contributed by atoms with van der Waals surface area (Å²) in [6.45, 7) is 3.96. The molecular weight excluding hydrogens is 372 g/mol. The lowest BCUT2D eigenvalue weighted by Crippen LogP contribution is -2.40. The molecule has 3 aromatic rings. The molecule has 4 heteroatoms. The zero-order valence-electron chi connectivity index (χ0n) is 18.0. The van der Waals surface area contributed by atoms with Gasteiger partial charge in [0.2, 0.25) is 5.91 Å². The standard InChI is InChI=1S/C26H30N2O2/c1-4-30-24-17-15-23(16-18-24)28(20-19-27(2)3)26(29)25(21-11-7-5-8-12-21)22-13-9-6-10-14-22/h5-18,25H,4,19-20H2,1-3H3. The summed E-state index contributed by atoms with van der Waals surface area (Å²) in [5, 5.41) is 0. The zero-order valence-corrected chi connectivity index (χ0v) is 18.0. The van der Waals surface area contributed by atoms with Gasteiger partial charge in [-0.1, -0.05) is 60.7 Å². The molecule has 0 saturated carbocycles. The van der Waals surface area contributed by atoms with Crippen LogP contribution in [0.5, 0.6) is 5.75 Å². The van der Waals surface area contributed by atoms with Crippen molar-refractivity contribution in [2.45, 2.75) is 12.8 Å². The number of hydrogen-bond donors (Lipinski definition) is 0. The third-order valence-corrected chi connectivity index (χ3v) is 5.01. The Morgan fingerprint density at radius 3 is 1.80 bits per heavy atom. The van der Waals surface area contributed by atoms with Crippen molar-refractivity contribution < 1.29 is 9.53 Å². The molecule has 0 heterocycles. The lowest BCUT2D eigenvalue weighted by Gasteiger charge is -2.29. The van der Waals surface area contributed by atoms with E-state index in [4.69, 9.17) is 4.74 Å². The van der Waals surface area contributed by atoms with Crippen LogP contribution in [0.15, 0.2) is 84.9 Å². The van der Waals surface area contributed by atoms with Crippen molar-refractivity contribution in [2.24, 2.45) is 0 Å². The molecule has 156 valence electrons. The van der Waals surface area contributed by atoms with Gasteiger partial charge in [-0.3, -0.25) is 4.79 Å². The van der Waals surface area contributed by atoms with E-state index in [9.17, 15) is 4.79 Å². The number of benzene rings is 3. The summed E-state index contributed by atoms with van der Waals surface area (Å²) >= 11 is 0. The minimum absolute atomic E-state index is 0.0680. The number of rotatable bonds is 9. The Hall–Kier alpha value is -3.11. The quantitative estimate of drug-likeness (QED) is 0.515. The first kappa shape index (κ1) is 21.6. The van der Waals surface area contributed by atoms with Gasteiger partial charge in [-0.05, 0) is 56.4 Å². The van der Waals surface area contributed by atoms with Crippen LogP contribution in [0.2, 0.25) is 0 Å². The van der Waals surface area contributed by atoms with E-state index in [2.05, 4.69) is 4.90 Å². The topological polar surface area (TPSA) is 32.8 Å². The summed E-state index contributed by atoms with van der Waals surface area (Å²) in [7, 11) is 4.04. The van der Waals surface area contributed by atoms with Crippen molar-refractivity contribution in [3.8, 4) is 5.75 Å². The van der Waals surface area contributed by atoms with E-state index in [1.54, 1.807) is 0 Å². The molecule has 0 N–H and O–H groups in total. The van der Waals surface area contributed by atoms with Gasteiger partial charge >= 0.3 is 0 Å². The molecule has 3 aromatic carbocycles. The zero-order chi connectivity index (χ0) is 21.3. The van der Waals surface area contributed by atoms with Gasteiger partial charge in [-0.15, -0.1) is 0 Å². The predicted octanol–water partition coefficient (Wildman–Crippen LogP) is 4.81. The Bertz CT molecular complexity index is 869. The molecule has 0 aliphatic rings. The minimum atomic E-state index is -0.360. The lowest BCUT2D eigenvalue weighted by molar-refractivity contribution is -0.119. The fourth-order valence-electron chi connectivity index (χ4n) is 3.48. The van der Waals surface area contributed by atoms with E-state index in [0.717, 1.165) is 29.1 Å². The normalized spacial score (nSPS) is 11.0. The van der Waals surface area contributed by atoms with Crippen LogP contribution in [0.25, 0.3) is 0 Å². The van der Waals surface area contributed by atoms with Crippen LogP contribution in [-0.4, -0.2) is 44.6 Å². The molecule has 0 fully saturated rings. The molecule has 0 spiro atoms. The third kappa shape index (κ3) is 5.49. The van der Waals surface area contributed by atoms with Crippen molar-refractivity contribution in [3.63, 3.8) is 0 Å². The van der Waals surface area contributed by atoms with Gasteiger partial charge < -0.3 is 14.5 Å². The Kier molecular flexibility index (Phi) is 7.63. The van der Waals surface area contributed by atoms with Crippen LogP contribution < -0.4 is 9.64 Å². The lowest BCUT2D eigenvalue weighted by atomic mass is 9.90. The minimum Gasteiger partial charge on any atom is -0.494 e. The van der Waals surface area contributed by atoms with Crippen molar-refractivity contribution in [2.75, 3.05) is 38.7 Å². The highest BCUT2D eigenvalue weighted by atomic mass is 16.5. The number of carbonyl (C=O) groups excluding carboxylic acids is 1. The van der Waals surface area contributed by atoms with E-state index < -0.39 is 0 Å². The van der Waals surface area contributed by atoms with Crippen LogP contribution in [0.3, 0.4) is 0 Å². The fraction of sp³-hybridized carbons (Fsp3) is 0.269. The van der Waals surface area contributed by atoms with Crippen molar-refractivity contribution in [1.82, 2.24) is 4.90 Å². The molecule has 0 saturated heterocycles. The Labute approximate surface area is 179 Å². The average Bonchev–Trinajstić information content (AvgIpc) is 2.77. The van der Waals surface area contributed by atoms with Crippen LogP contribution in [-0.2, 0) is 4.79 Å². The number of carbonyl (C=O) groups is 1. The number of anilines is 1. The second-order valence-corrected chi connectivity index (χ2v) is 7.47. The van der Waals surface area contributed by atoms with Gasteiger partial charge in [0.05, 0.1) is 12.5 Å². The number of nitrogens with zero attached hydrogens (tertiary/aromatic N) is 2. The number of hydrogen-bond acceptors (Lipinski definition) is 3. The summed E-state index contributed by atoms with van der Waals surface area (Å²) in [5.74, 6) is 0.517. The molecule has 4 nitrogen and oxygen atoms in total. The predicted molar refractivity (Wildman–Crippen MR) is 123 cm³/mol. The Morgan fingerprint density at radius 2 is 1.33 bits per heavy atom. The molecule has 0 aliphatic heterocycles. The molecule has 0 aliphatic carbocycles. The third-order valence-electron chi connectivity index (χ3n) is 5.01. The van der Waals surface area contributed by atoms with Gasteiger partial charge in [0.1, 0.15) is 5.75 Å². The van der Waals surface area contributed by atoms with Gasteiger partial charge in [-0.25, -0.2) is 0 Å². The molecule has 0 radical (unpaired) electrons. The Balaban J connectivity index is 1.99. The molecule has 0 bridgehead atoms. The second-order valence-electron chi connectivity index (χ2n) is 7.47. The van der Waals surface area contributed by atoms with Crippen molar-refractivity contribution in [1.29, 1.82) is 0 Å². The summed E-state index contributed by atoms with van der Waals surface area (Å²) in [6, 6.07) is 27.8. The molecule has 30 heavy (non-hydrogen) atoms. The summed E-state index contributed by atoms with van der Waals surface area (Å²) in [4.78, 5) is 17.9. The maximum atomic E-state index is 13.9. The summed E-state index contributed by atoms with van der Waals surface area (Å²) in [5.41, 5.74) is 2.87. The van der Waals surface area contributed by atoms with Crippen molar-refractivity contribution >= 4 is 11.6 Å². The van der Waals surface area contributed by atoms with Crippen LogP contribution in [0.4, 0.5) is 5.69 Å². The maximum absolute atomic E-state index is 13.9. The van der Waals surface area contributed by atoms with Crippen molar-refractivity contribution in [3.05, 3.63) is 96.1 Å². The summed E-state index contributed by atoms with van der Waals surface area (Å²) in [6.07, 6.45) is 0. The summed E-state index contributed by atoms with van der Waals surface area (Å²) < 4.78 is 5.57. The van der Waals surface area contributed by atoms with Crippen LogP contribution in [0, 0.1) is 0 Å². The largest absolute Gasteiger partial charge is 0.494 e. The highest BCUT2D eigenvalue weighted by Crippen LogP contribution is 2.30. The number of amides is 1. The Morgan fingerprint density at radius 1 is 0.800 bits per heavy atom. The molecule has 3 rings (SSSR count). The van der Waals surface area contributed by atoms with E-state index in [1.165, 1.54) is 0 Å². The molecule has 1 amide bonds. The first-order chi connectivity index (χ1) is 14.6. The van der Waals surface area contributed by atoms with Gasteiger partial charge in [0.15, 0.2) is 0 Å². The van der Waals surface area contributed by atoms with E-state index >= 15 is 0 Å². The van der Waals surface area contributed by atoms with Gasteiger partial charge in [0.25, 0.3) is 0 Å². The molecular formula is C26H30N2O2.